The molecule has 0 aliphatic rings. The maximum Gasteiger partial charge on any atom is 0.362 e. The molecule has 0 bridgehead atoms. The third kappa shape index (κ3) is 17.7. The average Bonchev–Trinajstić information content (AvgIpc) is 2.65. The van der Waals surface area contributed by atoms with Crippen molar-refractivity contribution in [2.24, 2.45) is 0 Å². The van der Waals surface area contributed by atoms with E-state index in [4.69, 9.17) is 0 Å². The number of unbranched alkanes of at least 4 members (excludes halogenated alkanes) is 11. The summed E-state index contributed by atoms with van der Waals surface area (Å²) in [5.41, 5.74) is 0. The molecule has 0 saturated heterocycles. The highest BCUT2D eigenvalue weighted by atomic mass is 31.2. The highest BCUT2D eigenvalue weighted by molar-refractivity contribution is 7.53. The Balaban J connectivity index is 3.72. The van der Waals surface area contributed by atoms with Crippen molar-refractivity contribution in [3.8, 4) is 0 Å². The molecular formula is C25H51NO4P+. The van der Waals surface area contributed by atoms with Crippen LogP contribution in [0.15, 0.2) is 24.3 Å². The molecule has 3 N–H and O–H groups in total. The molecule has 0 spiro atoms. The molecule has 0 heterocycles. The van der Waals surface area contributed by atoms with Crippen LogP contribution in [0.5, 0.6) is 0 Å². The van der Waals surface area contributed by atoms with E-state index in [2.05, 4.69) is 25.2 Å². The van der Waals surface area contributed by atoms with Crippen molar-refractivity contribution < 1.29 is 23.9 Å². The van der Waals surface area contributed by atoms with Crippen LogP contribution in [0.25, 0.3) is 0 Å². The summed E-state index contributed by atoms with van der Waals surface area (Å²) in [5.74, 6) is 0. The summed E-state index contributed by atoms with van der Waals surface area (Å²) in [6, 6.07) is 0. The Morgan fingerprint density at radius 3 is 1.48 bits per heavy atom. The van der Waals surface area contributed by atoms with Gasteiger partial charge in [0, 0.05) is 0 Å². The Bertz CT molecular complexity index is 536. The lowest BCUT2D eigenvalue weighted by Crippen LogP contribution is -2.49. The standard InChI is InChI=1S/C25H50NO4P/c1-5-6-7-8-9-10-11-12-13-14-15-16-17-18-19-20-21-22-23-25(27,31(28,29)30)24-26(2,3)4/h9-10,20-21,27H,5-8,11-19,22-24H2,1-4H3,(H-,28,29,30)/p+1/b10-9-,21-20-. The Kier molecular flexibility index (Phi) is 16.8. The summed E-state index contributed by atoms with van der Waals surface area (Å²) in [4.78, 5) is 19.1. The van der Waals surface area contributed by atoms with Gasteiger partial charge in [0.2, 0.25) is 5.34 Å². The summed E-state index contributed by atoms with van der Waals surface area (Å²) < 4.78 is 12.1. The molecule has 0 amide bonds. The second kappa shape index (κ2) is 17.1. The number of nitrogens with zero attached hydrogens (tertiary/aromatic N) is 1. The van der Waals surface area contributed by atoms with Crippen LogP contribution in [0.4, 0.5) is 0 Å². The first-order valence-corrected chi connectivity index (χ1v) is 14.0. The summed E-state index contributed by atoms with van der Waals surface area (Å²) >= 11 is 0. The van der Waals surface area contributed by atoms with Crippen LogP contribution in [0.2, 0.25) is 0 Å². The Hall–Kier alpha value is -0.450. The number of rotatable bonds is 20. The van der Waals surface area contributed by atoms with Crippen LogP contribution in [0.1, 0.15) is 103 Å². The van der Waals surface area contributed by atoms with Gasteiger partial charge in [-0.1, -0.05) is 76.2 Å². The molecule has 0 saturated carbocycles. The third-order valence-corrected chi connectivity index (χ3v) is 6.98. The fourth-order valence-corrected chi connectivity index (χ4v) is 4.81. The van der Waals surface area contributed by atoms with Gasteiger partial charge in [-0.15, -0.1) is 0 Å². The van der Waals surface area contributed by atoms with Crippen molar-refractivity contribution in [1.82, 2.24) is 0 Å². The maximum absolute atomic E-state index is 11.8. The first kappa shape index (κ1) is 30.6. The van der Waals surface area contributed by atoms with E-state index >= 15 is 0 Å². The van der Waals surface area contributed by atoms with E-state index in [0.29, 0.717) is 10.9 Å². The van der Waals surface area contributed by atoms with Gasteiger partial charge in [-0.05, 0) is 51.4 Å². The largest absolute Gasteiger partial charge is 0.373 e. The van der Waals surface area contributed by atoms with Crippen LogP contribution < -0.4 is 0 Å². The predicted molar refractivity (Wildman–Crippen MR) is 133 cm³/mol. The van der Waals surface area contributed by atoms with E-state index in [-0.39, 0.29) is 13.0 Å². The van der Waals surface area contributed by atoms with E-state index in [0.717, 1.165) is 12.8 Å². The zero-order valence-electron chi connectivity index (χ0n) is 20.8. The molecule has 0 aromatic carbocycles. The lowest BCUT2D eigenvalue weighted by Gasteiger charge is -2.35. The number of hydrogen-bond donors (Lipinski definition) is 3. The van der Waals surface area contributed by atoms with Gasteiger partial charge >= 0.3 is 7.60 Å². The van der Waals surface area contributed by atoms with Gasteiger partial charge in [-0.25, -0.2) is 0 Å². The normalized spacial score (nSPS) is 15.2. The monoisotopic (exact) mass is 460 g/mol. The molecular weight excluding hydrogens is 409 g/mol. The molecule has 0 aromatic rings. The van der Waals surface area contributed by atoms with Gasteiger partial charge in [0.15, 0.2) is 0 Å². The number of likely N-dealkylation sites (N-methyl/N-ethyl adjacent to an activating group) is 1. The molecule has 0 rings (SSSR count). The van der Waals surface area contributed by atoms with Crippen LogP contribution in [-0.2, 0) is 4.57 Å². The van der Waals surface area contributed by atoms with E-state index < -0.39 is 12.9 Å². The molecule has 0 fully saturated rings. The highest BCUT2D eigenvalue weighted by Crippen LogP contribution is 2.52. The fourth-order valence-electron chi connectivity index (χ4n) is 3.78. The minimum absolute atomic E-state index is 0.0281. The number of hydrogen-bond acceptors (Lipinski definition) is 2. The van der Waals surface area contributed by atoms with Gasteiger partial charge in [0.1, 0.15) is 6.54 Å². The molecule has 0 radical (unpaired) electrons. The highest BCUT2D eigenvalue weighted by Gasteiger charge is 2.48. The van der Waals surface area contributed by atoms with Gasteiger partial charge in [-0.3, -0.25) is 4.57 Å². The van der Waals surface area contributed by atoms with Crippen molar-refractivity contribution in [1.29, 1.82) is 0 Å². The Morgan fingerprint density at radius 1 is 0.710 bits per heavy atom. The maximum atomic E-state index is 11.8. The second-order valence-electron chi connectivity index (χ2n) is 10.0. The van der Waals surface area contributed by atoms with E-state index in [1.165, 1.54) is 70.6 Å². The van der Waals surface area contributed by atoms with Crippen molar-refractivity contribution in [2.75, 3.05) is 27.7 Å². The molecule has 1 unspecified atom stereocenters. The first-order chi connectivity index (χ1) is 14.5. The molecule has 184 valence electrons. The van der Waals surface area contributed by atoms with Crippen LogP contribution in [0, 0.1) is 0 Å². The molecule has 1 atom stereocenters. The number of allylic oxidation sites excluding steroid dienone is 4. The molecule has 0 aliphatic heterocycles. The fraction of sp³-hybridized carbons (Fsp3) is 0.840. The minimum atomic E-state index is -4.57. The zero-order valence-corrected chi connectivity index (χ0v) is 21.7. The average molecular weight is 461 g/mol. The van der Waals surface area contributed by atoms with Crippen molar-refractivity contribution >= 4 is 7.60 Å². The predicted octanol–water partition coefficient (Wildman–Crippen LogP) is 6.54. The van der Waals surface area contributed by atoms with Crippen molar-refractivity contribution in [3.05, 3.63) is 24.3 Å². The topological polar surface area (TPSA) is 77.8 Å². The van der Waals surface area contributed by atoms with Crippen LogP contribution in [0.3, 0.4) is 0 Å². The van der Waals surface area contributed by atoms with Crippen molar-refractivity contribution in [3.63, 3.8) is 0 Å². The number of quaternary nitrogens is 1. The van der Waals surface area contributed by atoms with E-state index in [1.54, 1.807) is 0 Å². The van der Waals surface area contributed by atoms with Crippen LogP contribution in [-0.4, -0.2) is 52.4 Å². The van der Waals surface area contributed by atoms with Gasteiger partial charge in [0.05, 0.1) is 21.1 Å². The van der Waals surface area contributed by atoms with Crippen molar-refractivity contribution in [2.45, 2.75) is 109 Å². The second-order valence-corrected chi connectivity index (χ2v) is 11.9. The summed E-state index contributed by atoms with van der Waals surface area (Å²) in [6.45, 7) is 2.27. The molecule has 31 heavy (non-hydrogen) atoms. The zero-order chi connectivity index (χ0) is 23.6. The first-order valence-electron chi connectivity index (χ1n) is 12.4. The Labute approximate surface area is 192 Å². The summed E-state index contributed by atoms with van der Waals surface area (Å²) in [5, 5.41) is 8.54. The number of aliphatic hydroxyl groups is 1. The molecule has 6 heteroatoms. The molecule has 0 aliphatic carbocycles. The third-order valence-electron chi connectivity index (χ3n) is 5.53. The van der Waals surface area contributed by atoms with E-state index in [1.807, 2.05) is 27.2 Å². The van der Waals surface area contributed by atoms with E-state index in [9.17, 15) is 19.5 Å². The minimum Gasteiger partial charge on any atom is -0.373 e. The quantitative estimate of drug-likeness (QED) is 0.0834. The molecule has 0 aromatic heterocycles. The van der Waals surface area contributed by atoms with Gasteiger partial charge in [0.25, 0.3) is 0 Å². The Morgan fingerprint density at radius 2 is 1.10 bits per heavy atom. The smallest absolute Gasteiger partial charge is 0.362 e. The van der Waals surface area contributed by atoms with Crippen LogP contribution >= 0.6 is 7.60 Å². The SMILES string of the molecule is CCCCC/C=C\CCCCCCCCC/C=C\CCC(O)(C[N+](C)(C)C)P(=O)(O)O. The lowest BCUT2D eigenvalue weighted by atomic mass is 10.1. The van der Waals surface area contributed by atoms with Gasteiger partial charge in [-0.2, -0.15) is 0 Å². The van der Waals surface area contributed by atoms with Gasteiger partial charge < -0.3 is 19.4 Å². The summed E-state index contributed by atoms with van der Waals surface area (Å²) in [6.07, 6.45) is 25.7. The molecule has 5 nitrogen and oxygen atoms in total. The summed E-state index contributed by atoms with van der Waals surface area (Å²) in [7, 11) is 0.893. The lowest BCUT2D eigenvalue weighted by molar-refractivity contribution is -0.875.